The molecule has 0 radical (unpaired) electrons. The molecule has 0 aliphatic heterocycles. The molecule has 0 unspecified atom stereocenters. The summed E-state index contributed by atoms with van der Waals surface area (Å²) in [6, 6.07) is 12.9. The first-order chi connectivity index (χ1) is 11.5. The van der Waals surface area contributed by atoms with Crippen molar-refractivity contribution >= 4 is 17.4 Å². The van der Waals surface area contributed by atoms with Gasteiger partial charge in [-0.05, 0) is 63.1 Å². The highest BCUT2D eigenvalue weighted by Crippen LogP contribution is 2.19. The SMILES string of the molecule is CC(=O)c1ccc(NC(=O)CCCOc2ccc(C)cc2C)cc1. The van der Waals surface area contributed by atoms with Crippen LogP contribution in [0.4, 0.5) is 5.69 Å². The van der Waals surface area contributed by atoms with Crippen LogP contribution in [-0.2, 0) is 4.79 Å². The van der Waals surface area contributed by atoms with Crippen molar-refractivity contribution in [2.45, 2.75) is 33.6 Å². The molecular formula is C20H23NO3. The third-order valence-electron chi connectivity index (χ3n) is 3.71. The number of benzene rings is 2. The van der Waals surface area contributed by atoms with E-state index in [1.165, 1.54) is 12.5 Å². The van der Waals surface area contributed by atoms with Crippen LogP contribution in [0.15, 0.2) is 42.5 Å². The Morgan fingerprint density at radius 1 is 1.04 bits per heavy atom. The maximum absolute atomic E-state index is 11.9. The summed E-state index contributed by atoms with van der Waals surface area (Å²) in [5.41, 5.74) is 3.63. The van der Waals surface area contributed by atoms with Gasteiger partial charge in [-0.2, -0.15) is 0 Å². The van der Waals surface area contributed by atoms with Crippen LogP contribution in [0.3, 0.4) is 0 Å². The van der Waals surface area contributed by atoms with Crippen LogP contribution in [0.25, 0.3) is 0 Å². The fraction of sp³-hybridized carbons (Fsp3) is 0.300. The molecule has 0 aliphatic carbocycles. The lowest BCUT2D eigenvalue weighted by atomic mass is 10.1. The molecule has 1 amide bonds. The van der Waals surface area contributed by atoms with E-state index in [2.05, 4.69) is 11.4 Å². The zero-order valence-electron chi connectivity index (χ0n) is 14.4. The number of aryl methyl sites for hydroxylation is 2. The van der Waals surface area contributed by atoms with Crippen molar-refractivity contribution in [3.63, 3.8) is 0 Å². The summed E-state index contributed by atoms with van der Waals surface area (Å²) in [5, 5.41) is 2.82. The van der Waals surface area contributed by atoms with Crippen molar-refractivity contribution in [2.24, 2.45) is 0 Å². The van der Waals surface area contributed by atoms with Gasteiger partial charge in [-0.25, -0.2) is 0 Å². The Morgan fingerprint density at radius 2 is 1.75 bits per heavy atom. The Morgan fingerprint density at radius 3 is 2.38 bits per heavy atom. The summed E-state index contributed by atoms with van der Waals surface area (Å²) in [7, 11) is 0. The summed E-state index contributed by atoms with van der Waals surface area (Å²) in [5.74, 6) is 0.812. The molecular weight excluding hydrogens is 302 g/mol. The van der Waals surface area contributed by atoms with E-state index in [1.807, 2.05) is 26.0 Å². The molecule has 0 saturated heterocycles. The van der Waals surface area contributed by atoms with Gasteiger partial charge in [0.25, 0.3) is 0 Å². The quantitative estimate of drug-likeness (QED) is 0.610. The maximum Gasteiger partial charge on any atom is 0.224 e. The van der Waals surface area contributed by atoms with Crippen LogP contribution in [0.1, 0.15) is 41.3 Å². The number of Topliss-reactive ketones (excluding diaryl/α,β-unsaturated/α-hetero) is 1. The Balaban J connectivity index is 1.74. The number of carbonyl (C=O) groups excluding carboxylic acids is 2. The van der Waals surface area contributed by atoms with Crippen LogP contribution >= 0.6 is 0 Å². The lowest BCUT2D eigenvalue weighted by Gasteiger charge is -2.10. The van der Waals surface area contributed by atoms with Gasteiger partial charge in [0.2, 0.25) is 5.91 Å². The summed E-state index contributed by atoms with van der Waals surface area (Å²) in [6.45, 7) is 6.08. The Hall–Kier alpha value is -2.62. The monoisotopic (exact) mass is 325 g/mol. The summed E-state index contributed by atoms with van der Waals surface area (Å²) in [4.78, 5) is 23.1. The molecule has 2 aromatic carbocycles. The van der Waals surface area contributed by atoms with E-state index in [0.717, 1.165) is 11.3 Å². The predicted octanol–water partition coefficient (Wildman–Crippen LogP) is 4.30. The Labute approximate surface area is 142 Å². The largest absolute Gasteiger partial charge is 0.493 e. The smallest absolute Gasteiger partial charge is 0.224 e. The lowest BCUT2D eigenvalue weighted by molar-refractivity contribution is -0.116. The van der Waals surface area contributed by atoms with E-state index in [-0.39, 0.29) is 11.7 Å². The van der Waals surface area contributed by atoms with Crippen molar-refractivity contribution in [2.75, 3.05) is 11.9 Å². The molecule has 0 spiro atoms. The molecule has 0 bridgehead atoms. The third kappa shape index (κ3) is 5.23. The number of rotatable bonds is 7. The molecule has 0 aliphatic rings. The predicted molar refractivity (Wildman–Crippen MR) is 95.7 cm³/mol. The van der Waals surface area contributed by atoms with Crippen LogP contribution in [0.5, 0.6) is 5.75 Å². The van der Waals surface area contributed by atoms with Gasteiger partial charge in [0, 0.05) is 17.7 Å². The molecule has 126 valence electrons. The summed E-state index contributed by atoms with van der Waals surface area (Å²) < 4.78 is 5.72. The number of anilines is 1. The second-order valence-electron chi connectivity index (χ2n) is 5.90. The van der Waals surface area contributed by atoms with Gasteiger partial charge in [-0.1, -0.05) is 17.7 Å². The number of nitrogens with one attached hydrogen (secondary N) is 1. The highest BCUT2D eigenvalue weighted by atomic mass is 16.5. The average Bonchev–Trinajstić information content (AvgIpc) is 2.53. The standard InChI is InChI=1S/C20H23NO3/c1-14-6-11-19(15(2)13-14)24-12-4-5-20(23)21-18-9-7-17(8-10-18)16(3)22/h6-11,13H,4-5,12H2,1-3H3,(H,21,23). The van der Waals surface area contributed by atoms with Gasteiger partial charge in [0.15, 0.2) is 5.78 Å². The topological polar surface area (TPSA) is 55.4 Å². The molecule has 0 aromatic heterocycles. The molecule has 0 atom stereocenters. The number of carbonyl (C=O) groups is 2. The first-order valence-electron chi connectivity index (χ1n) is 8.06. The molecule has 2 aromatic rings. The van der Waals surface area contributed by atoms with Crippen molar-refractivity contribution in [1.82, 2.24) is 0 Å². The van der Waals surface area contributed by atoms with Gasteiger partial charge < -0.3 is 10.1 Å². The van der Waals surface area contributed by atoms with Crippen LogP contribution in [0, 0.1) is 13.8 Å². The average molecular weight is 325 g/mol. The molecule has 0 saturated carbocycles. The minimum atomic E-state index is -0.0604. The second-order valence-corrected chi connectivity index (χ2v) is 5.90. The van der Waals surface area contributed by atoms with E-state index in [0.29, 0.717) is 30.7 Å². The molecule has 4 nitrogen and oxygen atoms in total. The fourth-order valence-corrected chi connectivity index (χ4v) is 2.39. The van der Waals surface area contributed by atoms with Gasteiger partial charge in [0.1, 0.15) is 5.75 Å². The number of hydrogen-bond acceptors (Lipinski definition) is 3. The van der Waals surface area contributed by atoms with E-state index in [9.17, 15) is 9.59 Å². The summed E-state index contributed by atoms with van der Waals surface area (Å²) in [6.07, 6.45) is 1.03. The zero-order chi connectivity index (χ0) is 17.5. The highest BCUT2D eigenvalue weighted by Gasteiger charge is 2.05. The van der Waals surface area contributed by atoms with Crippen LogP contribution in [-0.4, -0.2) is 18.3 Å². The Kier molecular flexibility index (Phi) is 6.13. The third-order valence-corrected chi connectivity index (χ3v) is 3.71. The normalized spacial score (nSPS) is 10.3. The Bertz CT molecular complexity index is 720. The summed E-state index contributed by atoms with van der Waals surface area (Å²) >= 11 is 0. The van der Waals surface area contributed by atoms with E-state index >= 15 is 0 Å². The zero-order valence-corrected chi connectivity index (χ0v) is 14.4. The minimum Gasteiger partial charge on any atom is -0.493 e. The fourth-order valence-electron chi connectivity index (χ4n) is 2.39. The molecule has 4 heteroatoms. The number of amides is 1. The second kappa shape index (κ2) is 8.29. The van der Waals surface area contributed by atoms with Gasteiger partial charge >= 0.3 is 0 Å². The van der Waals surface area contributed by atoms with E-state index in [4.69, 9.17) is 4.74 Å². The minimum absolute atomic E-state index is 0.0106. The first-order valence-corrected chi connectivity index (χ1v) is 8.06. The number of ketones is 1. The van der Waals surface area contributed by atoms with Gasteiger partial charge in [-0.3, -0.25) is 9.59 Å². The van der Waals surface area contributed by atoms with Gasteiger partial charge in [0.05, 0.1) is 6.61 Å². The van der Waals surface area contributed by atoms with E-state index < -0.39 is 0 Å². The first kappa shape index (κ1) is 17.7. The highest BCUT2D eigenvalue weighted by molar-refractivity contribution is 5.95. The molecule has 1 N–H and O–H groups in total. The van der Waals surface area contributed by atoms with Crippen molar-refractivity contribution in [3.8, 4) is 5.75 Å². The van der Waals surface area contributed by atoms with Crippen LogP contribution in [0.2, 0.25) is 0 Å². The molecule has 0 heterocycles. The maximum atomic E-state index is 11.9. The number of hydrogen-bond donors (Lipinski definition) is 1. The van der Waals surface area contributed by atoms with E-state index in [1.54, 1.807) is 24.3 Å². The molecule has 2 rings (SSSR count). The number of ether oxygens (including phenoxy) is 1. The molecule has 24 heavy (non-hydrogen) atoms. The molecule has 0 fully saturated rings. The van der Waals surface area contributed by atoms with Crippen LogP contribution < -0.4 is 10.1 Å². The van der Waals surface area contributed by atoms with Crippen molar-refractivity contribution in [1.29, 1.82) is 0 Å². The van der Waals surface area contributed by atoms with Crippen molar-refractivity contribution in [3.05, 3.63) is 59.2 Å². The lowest BCUT2D eigenvalue weighted by Crippen LogP contribution is -2.13. The van der Waals surface area contributed by atoms with Gasteiger partial charge in [-0.15, -0.1) is 0 Å². The van der Waals surface area contributed by atoms with Crippen molar-refractivity contribution < 1.29 is 14.3 Å².